The van der Waals surface area contributed by atoms with Gasteiger partial charge >= 0.3 is 0 Å². The number of carbonyl (C=O) groups is 1. The fraction of sp³-hybridized carbons (Fsp3) is 0.294. The predicted molar refractivity (Wildman–Crippen MR) is 86.2 cm³/mol. The summed E-state index contributed by atoms with van der Waals surface area (Å²) in [5.41, 5.74) is 2.43. The van der Waals surface area contributed by atoms with E-state index in [1.54, 1.807) is 18.5 Å². The molecule has 1 aromatic carbocycles. The number of hydrogen-bond donors (Lipinski definition) is 2. The normalized spacial score (nSPS) is 15.2. The van der Waals surface area contributed by atoms with Crippen molar-refractivity contribution in [3.63, 3.8) is 0 Å². The molecule has 122 valence electrons. The molecule has 2 aromatic heterocycles. The molecule has 0 spiro atoms. The Hall–Kier alpha value is -2.96. The number of amides is 1. The van der Waals surface area contributed by atoms with Gasteiger partial charge in [0.1, 0.15) is 6.04 Å². The van der Waals surface area contributed by atoms with E-state index in [4.69, 9.17) is 4.52 Å². The van der Waals surface area contributed by atoms with Crippen molar-refractivity contribution in [2.75, 3.05) is 0 Å². The maximum Gasteiger partial charge on any atom is 0.251 e. The van der Waals surface area contributed by atoms with Crippen molar-refractivity contribution in [1.82, 2.24) is 25.7 Å². The number of aromatic amines is 1. The van der Waals surface area contributed by atoms with Crippen LogP contribution in [0, 0.1) is 0 Å². The molecular formula is C17H17N5O2. The van der Waals surface area contributed by atoms with Crippen LogP contribution in [-0.4, -0.2) is 26.2 Å². The van der Waals surface area contributed by atoms with Gasteiger partial charge in [0.05, 0.1) is 6.20 Å². The first-order valence-electron chi connectivity index (χ1n) is 7.94. The van der Waals surface area contributed by atoms with Crippen molar-refractivity contribution in [2.24, 2.45) is 0 Å². The van der Waals surface area contributed by atoms with E-state index in [0.717, 1.165) is 29.8 Å². The van der Waals surface area contributed by atoms with Crippen LogP contribution in [0.5, 0.6) is 0 Å². The van der Waals surface area contributed by atoms with Crippen LogP contribution >= 0.6 is 0 Å². The Labute approximate surface area is 138 Å². The molecule has 0 unspecified atom stereocenters. The second kappa shape index (κ2) is 5.92. The van der Waals surface area contributed by atoms with Gasteiger partial charge in [-0.25, -0.2) is 0 Å². The molecule has 2 heterocycles. The predicted octanol–water partition coefficient (Wildman–Crippen LogP) is 2.83. The Balaban J connectivity index is 1.48. The van der Waals surface area contributed by atoms with Gasteiger partial charge in [-0.2, -0.15) is 10.1 Å². The summed E-state index contributed by atoms with van der Waals surface area (Å²) in [6.45, 7) is 1.84. The van der Waals surface area contributed by atoms with Crippen LogP contribution in [0.4, 0.5) is 0 Å². The summed E-state index contributed by atoms with van der Waals surface area (Å²) >= 11 is 0. The topological polar surface area (TPSA) is 96.7 Å². The number of nitrogens with one attached hydrogen (secondary N) is 2. The number of nitrogens with zero attached hydrogens (tertiary/aromatic N) is 3. The molecule has 4 rings (SSSR count). The molecule has 1 aliphatic carbocycles. The van der Waals surface area contributed by atoms with E-state index in [9.17, 15) is 4.79 Å². The highest BCUT2D eigenvalue weighted by Gasteiger charge is 2.29. The summed E-state index contributed by atoms with van der Waals surface area (Å²) < 4.78 is 5.26. The average molecular weight is 323 g/mol. The van der Waals surface area contributed by atoms with Gasteiger partial charge < -0.3 is 9.84 Å². The van der Waals surface area contributed by atoms with Gasteiger partial charge in [-0.05, 0) is 37.5 Å². The van der Waals surface area contributed by atoms with Crippen LogP contribution in [0.15, 0.2) is 41.2 Å². The van der Waals surface area contributed by atoms with Gasteiger partial charge in [0.2, 0.25) is 5.89 Å². The van der Waals surface area contributed by atoms with Crippen molar-refractivity contribution >= 4 is 5.91 Å². The van der Waals surface area contributed by atoms with E-state index in [2.05, 4.69) is 25.7 Å². The van der Waals surface area contributed by atoms with Crippen molar-refractivity contribution in [2.45, 2.75) is 31.7 Å². The number of carbonyl (C=O) groups excluding carboxylic acids is 1. The molecular weight excluding hydrogens is 306 g/mol. The van der Waals surface area contributed by atoms with E-state index in [-0.39, 0.29) is 11.9 Å². The molecule has 0 aliphatic heterocycles. The van der Waals surface area contributed by atoms with Gasteiger partial charge in [-0.15, -0.1) is 0 Å². The van der Waals surface area contributed by atoms with Crippen molar-refractivity contribution in [3.05, 3.63) is 53.9 Å². The molecule has 7 heteroatoms. The molecule has 3 aromatic rings. The van der Waals surface area contributed by atoms with Crippen LogP contribution < -0.4 is 5.32 Å². The minimum absolute atomic E-state index is 0.181. The smallest absolute Gasteiger partial charge is 0.251 e. The summed E-state index contributed by atoms with van der Waals surface area (Å²) in [4.78, 5) is 16.9. The van der Waals surface area contributed by atoms with Crippen LogP contribution in [0.25, 0.3) is 11.1 Å². The number of benzene rings is 1. The summed E-state index contributed by atoms with van der Waals surface area (Å²) in [7, 11) is 0. The second-order valence-electron chi connectivity index (χ2n) is 6.03. The fourth-order valence-electron chi connectivity index (χ4n) is 2.52. The van der Waals surface area contributed by atoms with Crippen LogP contribution in [-0.2, 0) is 0 Å². The third-order valence-corrected chi connectivity index (χ3v) is 4.07. The molecule has 1 amide bonds. The van der Waals surface area contributed by atoms with E-state index in [0.29, 0.717) is 17.4 Å². The average Bonchev–Trinajstić information content (AvgIpc) is 3.12. The molecule has 7 nitrogen and oxygen atoms in total. The van der Waals surface area contributed by atoms with Gasteiger partial charge in [-0.3, -0.25) is 9.89 Å². The summed E-state index contributed by atoms with van der Waals surface area (Å²) in [6.07, 6.45) is 5.73. The maximum absolute atomic E-state index is 12.5. The van der Waals surface area contributed by atoms with E-state index >= 15 is 0 Å². The molecule has 0 saturated heterocycles. The highest BCUT2D eigenvalue weighted by Crippen LogP contribution is 2.38. The monoisotopic (exact) mass is 323 g/mol. The van der Waals surface area contributed by atoms with Crippen molar-refractivity contribution in [3.8, 4) is 11.1 Å². The lowest BCUT2D eigenvalue weighted by atomic mass is 10.1. The van der Waals surface area contributed by atoms with Gasteiger partial charge in [0.15, 0.2) is 5.82 Å². The Bertz CT molecular complexity index is 852. The molecule has 1 atom stereocenters. The first-order chi connectivity index (χ1) is 11.7. The number of H-pyrrole nitrogens is 1. The van der Waals surface area contributed by atoms with Gasteiger partial charge in [0.25, 0.3) is 5.91 Å². The SMILES string of the molecule is C[C@H](NC(=O)c1cccc(-c2cn[nH]c2)c1)c1nc(C2CC2)no1. The van der Waals surface area contributed by atoms with Crippen molar-refractivity contribution in [1.29, 1.82) is 0 Å². The maximum atomic E-state index is 12.5. The zero-order chi connectivity index (χ0) is 16.5. The van der Waals surface area contributed by atoms with E-state index in [1.807, 2.05) is 25.1 Å². The lowest BCUT2D eigenvalue weighted by Crippen LogP contribution is -2.26. The first kappa shape index (κ1) is 14.6. The largest absolute Gasteiger partial charge is 0.341 e. The highest BCUT2D eigenvalue weighted by molar-refractivity contribution is 5.95. The zero-order valence-corrected chi connectivity index (χ0v) is 13.2. The van der Waals surface area contributed by atoms with Crippen LogP contribution in [0.2, 0.25) is 0 Å². The van der Waals surface area contributed by atoms with Gasteiger partial charge in [0, 0.05) is 23.2 Å². The number of rotatable bonds is 5. The molecule has 1 saturated carbocycles. The Morgan fingerprint density at radius 2 is 2.25 bits per heavy atom. The fourth-order valence-corrected chi connectivity index (χ4v) is 2.52. The Morgan fingerprint density at radius 1 is 1.38 bits per heavy atom. The molecule has 0 bridgehead atoms. The Kier molecular flexibility index (Phi) is 3.60. The standard InChI is InChI=1S/C17H17N5O2/c1-10(17-21-15(22-24-17)11-5-6-11)20-16(23)13-4-2-3-12(7-13)14-8-18-19-9-14/h2-4,7-11H,5-6H2,1H3,(H,18,19)(H,20,23)/t10-/m0/s1. The van der Waals surface area contributed by atoms with Gasteiger partial charge in [-0.1, -0.05) is 17.3 Å². The third kappa shape index (κ3) is 2.92. The summed E-state index contributed by atoms with van der Waals surface area (Å²) in [6, 6.07) is 7.05. The number of hydrogen-bond acceptors (Lipinski definition) is 5. The lowest BCUT2D eigenvalue weighted by Gasteiger charge is -2.10. The summed E-state index contributed by atoms with van der Waals surface area (Å²) in [5.74, 6) is 1.43. The molecule has 0 radical (unpaired) electrons. The minimum Gasteiger partial charge on any atom is -0.341 e. The first-order valence-corrected chi connectivity index (χ1v) is 7.94. The second-order valence-corrected chi connectivity index (χ2v) is 6.03. The molecule has 1 aliphatic rings. The Morgan fingerprint density at radius 3 is 3.00 bits per heavy atom. The quantitative estimate of drug-likeness (QED) is 0.752. The molecule has 2 N–H and O–H groups in total. The third-order valence-electron chi connectivity index (χ3n) is 4.07. The summed E-state index contributed by atoms with van der Waals surface area (Å²) in [5, 5.41) is 13.6. The molecule has 24 heavy (non-hydrogen) atoms. The lowest BCUT2D eigenvalue weighted by molar-refractivity contribution is 0.0932. The van der Waals surface area contributed by atoms with Crippen LogP contribution in [0.3, 0.4) is 0 Å². The highest BCUT2D eigenvalue weighted by atomic mass is 16.5. The zero-order valence-electron chi connectivity index (χ0n) is 13.2. The number of aromatic nitrogens is 4. The van der Waals surface area contributed by atoms with E-state index < -0.39 is 0 Å². The molecule has 1 fully saturated rings. The van der Waals surface area contributed by atoms with Crippen LogP contribution in [0.1, 0.15) is 53.8 Å². The van der Waals surface area contributed by atoms with E-state index in [1.165, 1.54) is 0 Å². The van der Waals surface area contributed by atoms with Crippen molar-refractivity contribution < 1.29 is 9.32 Å². The minimum atomic E-state index is -0.338.